The van der Waals surface area contributed by atoms with Gasteiger partial charge in [-0.25, -0.2) is 4.79 Å². The molecule has 0 unspecified atom stereocenters. The van der Waals surface area contributed by atoms with Crippen molar-refractivity contribution in [3.05, 3.63) is 77.2 Å². The second-order valence-corrected chi connectivity index (χ2v) is 7.98. The van der Waals surface area contributed by atoms with Gasteiger partial charge in [0.2, 0.25) is 0 Å². The van der Waals surface area contributed by atoms with Crippen molar-refractivity contribution in [3.8, 4) is 11.1 Å². The molecule has 1 aromatic heterocycles. The predicted octanol–water partition coefficient (Wildman–Crippen LogP) is 3.65. The number of rotatable bonds is 9. The highest BCUT2D eigenvalue weighted by Crippen LogP contribution is 2.44. The van der Waals surface area contributed by atoms with Crippen molar-refractivity contribution >= 4 is 18.0 Å². The van der Waals surface area contributed by atoms with Crippen LogP contribution >= 0.6 is 0 Å². The fraction of sp³-hybridized carbons (Fsp3) is 0.280. The normalized spacial score (nSPS) is 12.0. The molecule has 2 aromatic carbocycles. The Morgan fingerprint density at radius 1 is 1.09 bits per heavy atom. The maximum atomic E-state index is 12.5. The molecule has 0 spiro atoms. The molecule has 1 aliphatic carbocycles. The highest BCUT2D eigenvalue weighted by molar-refractivity contribution is 5.94. The molecular weight excluding hydrogens is 438 g/mol. The van der Waals surface area contributed by atoms with Crippen molar-refractivity contribution in [1.82, 2.24) is 15.4 Å². The number of carboxylic acid groups (broad SMARTS) is 1. The van der Waals surface area contributed by atoms with Gasteiger partial charge in [0.05, 0.1) is 6.54 Å². The largest absolute Gasteiger partial charge is 0.480 e. The number of nitrogens with one attached hydrogen (secondary N) is 1. The summed E-state index contributed by atoms with van der Waals surface area (Å²) >= 11 is 0. The van der Waals surface area contributed by atoms with Gasteiger partial charge in [0.15, 0.2) is 11.5 Å². The molecule has 0 saturated carbocycles. The fourth-order valence-electron chi connectivity index (χ4n) is 4.15. The Hall–Kier alpha value is -4.14. The number of benzene rings is 2. The first-order valence-electron chi connectivity index (χ1n) is 11.0. The molecule has 0 bridgehead atoms. The molecule has 1 aliphatic rings. The molecule has 4 rings (SSSR count). The number of hydrogen-bond donors (Lipinski definition) is 2. The minimum absolute atomic E-state index is 0.0148. The van der Waals surface area contributed by atoms with E-state index in [0.717, 1.165) is 22.3 Å². The number of carbonyl (C=O) groups excluding carboxylic acids is 2. The first-order valence-corrected chi connectivity index (χ1v) is 11.0. The van der Waals surface area contributed by atoms with E-state index in [4.69, 9.17) is 14.4 Å². The molecule has 2 N–H and O–H groups in total. The Kier molecular flexibility index (Phi) is 6.91. The number of fused-ring (bicyclic) bond motifs is 3. The molecule has 9 nitrogen and oxygen atoms in total. The van der Waals surface area contributed by atoms with Crippen molar-refractivity contribution in [1.29, 1.82) is 0 Å². The lowest BCUT2D eigenvalue weighted by molar-refractivity contribution is -0.137. The number of amides is 2. The summed E-state index contributed by atoms with van der Waals surface area (Å²) in [5, 5.41) is 15.3. The second-order valence-electron chi connectivity index (χ2n) is 7.98. The Labute approximate surface area is 196 Å². The molecule has 2 amide bonds. The van der Waals surface area contributed by atoms with E-state index in [1.165, 1.54) is 11.0 Å². The summed E-state index contributed by atoms with van der Waals surface area (Å²) < 4.78 is 10.6. The van der Waals surface area contributed by atoms with Gasteiger partial charge >= 0.3 is 12.1 Å². The van der Waals surface area contributed by atoms with E-state index in [0.29, 0.717) is 6.42 Å². The summed E-state index contributed by atoms with van der Waals surface area (Å²) in [6.07, 6.45) is -0.0165. The Balaban J connectivity index is 1.33. The highest BCUT2D eigenvalue weighted by Gasteiger charge is 2.29. The Morgan fingerprint density at radius 3 is 2.35 bits per heavy atom. The lowest BCUT2D eigenvalue weighted by Gasteiger charge is -2.18. The third-order valence-corrected chi connectivity index (χ3v) is 5.64. The van der Waals surface area contributed by atoms with Crippen LogP contribution in [0.1, 0.15) is 46.6 Å². The van der Waals surface area contributed by atoms with Gasteiger partial charge in [0, 0.05) is 18.5 Å². The van der Waals surface area contributed by atoms with E-state index < -0.39 is 24.5 Å². The van der Waals surface area contributed by atoms with Gasteiger partial charge in [-0.15, -0.1) is 0 Å². The quantitative estimate of drug-likeness (QED) is 0.497. The van der Waals surface area contributed by atoms with Crippen LogP contribution in [0.5, 0.6) is 0 Å². The van der Waals surface area contributed by atoms with Crippen LogP contribution in [0.25, 0.3) is 11.1 Å². The smallest absolute Gasteiger partial charge is 0.407 e. The average Bonchev–Trinajstić information content (AvgIpc) is 3.43. The van der Waals surface area contributed by atoms with Gasteiger partial charge in [0.1, 0.15) is 13.2 Å². The third-order valence-electron chi connectivity index (χ3n) is 5.64. The van der Waals surface area contributed by atoms with Crippen LogP contribution in [0.15, 0.2) is 59.1 Å². The lowest BCUT2D eigenvalue weighted by Crippen LogP contribution is -2.36. The number of ether oxygens (including phenoxy) is 1. The first kappa shape index (κ1) is 23.0. The zero-order chi connectivity index (χ0) is 24.1. The number of carbonyl (C=O) groups is 3. The van der Waals surface area contributed by atoms with Crippen LogP contribution in [0.4, 0.5) is 4.79 Å². The van der Waals surface area contributed by atoms with Gasteiger partial charge in [0.25, 0.3) is 5.91 Å². The van der Waals surface area contributed by atoms with Crippen molar-refractivity contribution in [3.63, 3.8) is 0 Å². The fourth-order valence-corrected chi connectivity index (χ4v) is 4.15. The number of aromatic nitrogens is 1. The first-order chi connectivity index (χ1) is 16.5. The summed E-state index contributed by atoms with van der Waals surface area (Å²) in [5.74, 6) is -1.45. The molecule has 9 heteroatoms. The van der Waals surface area contributed by atoms with Crippen molar-refractivity contribution in [2.24, 2.45) is 0 Å². The molecule has 1 heterocycles. The number of aliphatic carboxylic acids is 1. The molecule has 0 fully saturated rings. The maximum Gasteiger partial charge on any atom is 0.407 e. The summed E-state index contributed by atoms with van der Waals surface area (Å²) in [6.45, 7) is 1.86. The standard InChI is InChI=1S/C25H25N3O6/c1-2-11-28(14-23(29)30)24(31)22-12-16(34-27-22)13-26-25(32)33-15-21-19-9-5-3-7-17(19)18-8-4-6-10-20(18)21/h3-10,12,21H,2,11,13-15H2,1H3,(H,26,32)(H,29,30). The average molecular weight is 463 g/mol. The van der Waals surface area contributed by atoms with E-state index in [1.807, 2.05) is 43.3 Å². The number of nitrogens with zero attached hydrogens (tertiary/aromatic N) is 2. The van der Waals surface area contributed by atoms with E-state index in [2.05, 4.69) is 22.6 Å². The SMILES string of the molecule is CCCN(CC(=O)O)C(=O)c1cc(CNC(=O)OCC2c3ccccc3-c3ccccc32)on1. The minimum Gasteiger partial charge on any atom is -0.480 e. The van der Waals surface area contributed by atoms with Crippen LogP contribution in [-0.4, -0.2) is 52.8 Å². The summed E-state index contributed by atoms with van der Waals surface area (Å²) in [6, 6.07) is 17.5. The molecule has 0 atom stereocenters. The molecule has 3 aromatic rings. The van der Waals surface area contributed by atoms with Crippen LogP contribution in [0.3, 0.4) is 0 Å². The minimum atomic E-state index is -1.11. The van der Waals surface area contributed by atoms with Crippen molar-refractivity contribution in [2.45, 2.75) is 25.8 Å². The molecule has 0 radical (unpaired) electrons. The highest BCUT2D eigenvalue weighted by atomic mass is 16.5. The van der Waals surface area contributed by atoms with E-state index in [9.17, 15) is 14.4 Å². The topological polar surface area (TPSA) is 122 Å². The molecule has 176 valence electrons. The molecule has 0 aliphatic heterocycles. The van der Waals surface area contributed by atoms with Gasteiger partial charge in [-0.1, -0.05) is 60.6 Å². The molecular formula is C25H25N3O6. The summed E-state index contributed by atoms with van der Waals surface area (Å²) in [7, 11) is 0. The zero-order valence-electron chi connectivity index (χ0n) is 18.7. The van der Waals surface area contributed by atoms with Gasteiger partial charge < -0.3 is 24.6 Å². The third kappa shape index (κ3) is 4.93. The number of hydrogen-bond acceptors (Lipinski definition) is 6. The van der Waals surface area contributed by atoms with E-state index in [1.54, 1.807) is 0 Å². The maximum absolute atomic E-state index is 12.5. The predicted molar refractivity (Wildman–Crippen MR) is 122 cm³/mol. The monoisotopic (exact) mass is 463 g/mol. The van der Waals surface area contributed by atoms with Crippen LogP contribution < -0.4 is 5.32 Å². The molecule has 0 saturated heterocycles. The zero-order valence-corrected chi connectivity index (χ0v) is 18.7. The van der Waals surface area contributed by atoms with Crippen LogP contribution in [-0.2, 0) is 16.1 Å². The summed E-state index contributed by atoms with van der Waals surface area (Å²) in [5.41, 5.74) is 4.51. The van der Waals surface area contributed by atoms with Crippen molar-refractivity contribution in [2.75, 3.05) is 19.7 Å². The second kappa shape index (κ2) is 10.2. The molecule has 34 heavy (non-hydrogen) atoms. The van der Waals surface area contributed by atoms with E-state index >= 15 is 0 Å². The summed E-state index contributed by atoms with van der Waals surface area (Å²) in [4.78, 5) is 37.0. The van der Waals surface area contributed by atoms with Crippen LogP contribution in [0, 0.1) is 0 Å². The van der Waals surface area contributed by atoms with Crippen molar-refractivity contribution < 1.29 is 28.8 Å². The van der Waals surface area contributed by atoms with Gasteiger partial charge in [-0.2, -0.15) is 0 Å². The number of alkyl carbamates (subject to hydrolysis) is 1. The van der Waals surface area contributed by atoms with E-state index in [-0.39, 0.29) is 37.1 Å². The van der Waals surface area contributed by atoms with Gasteiger partial charge in [-0.05, 0) is 28.7 Å². The van der Waals surface area contributed by atoms with Gasteiger partial charge in [-0.3, -0.25) is 9.59 Å². The Bertz CT molecular complexity index is 1160. The number of carboxylic acids is 1. The Morgan fingerprint density at radius 2 is 1.74 bits per heavy atom. The lowest BCUT2D eigenvalue weighted by atomic mass is 9.98. The van der Waals surface area contributed by atoms with Crippen LogP contribution in [0.2, 0.25) is 0 Å².